The number of carbonyl (C=O) groups is 1. The largest absolute Gasteiger partial charge is 0.417 e. The zero-order valence-corrected chi connectivity index (χ0v) is 13.2. The summed E-state index contributed by atoms with van der Waals surface area (Å²) in [5.41, 5.74) is -0.687. The van der Waals surface area contributed by atoms with Crippen molar-refractivity contribution in [1.82, 2.24) is 0 Å². The van der Waals surface area contributed by atoms with Gasteiger partial charge in [-0.05, 0) is 25.0 Å². The Morgan fingerprint density at radius 2 is 1.84 bits per heavy atom. The van der Waals surface area contributed by atoms with Gasteiger partial charge >= 0.3 is 6.18 Å². The van der Waals surface area contributed by atoms with Crippen molar-refractivity contribution in [2.75, 3.05) is 5.33 Å². The van der Waals surface area contributed by atoms with Crippen molar-refractivity contribution in [3.8, 4) is 0 Å². The van der Waals surface area contributed by atoms with Crippen LogP contribution >= 0.6 is 31.9 Å². The molecule has 6 heteroatoms. The minimum atomic E-state index is -4.45. The molecule has 0 aliphatic carbocycles. The lowest BCUT2D eigenvalue weighted by molar-refractivity contribution is -0.138. The second kappa shape index (κ2) is 7.43. The molecule has 0 unspecified atom stereocenters. The number of benzene rings is 1. The maximum atomic E-state index is 12.7. The maximum absolute atomic E-state index is 12.7. The Labute approximate surface area is 126 Å². The van der Waals surface area contributed by atoms with Crippen LogP contribution in [0.2, 0.25) is 0 Å². The Balaban J connectivity index is 2.76. The molecule has 0 spiro atoms. The van der Waals surface area contributed by atoms with E-state index in [1.165, 1.54) is 12.1 Å². The smallest absolute Gasteiger partial charge is 0.294 e. The summed E-state index contributed by atoms with van der Waals surface area (Å²) in [5.74, 6) is -0.243. The van der Waals surface area contributed by atoms with Crippen molar-refractivity contribution in [2.24, 2.45) is 0 Å². The van der Waals surface area contributed by atoms with E-state index in [1.807, 2.05) is 0 Å². The van der Waals surface area contributed by atoms with Crippen molar-refractivity contribution >= 4 is 37.6 Å². The number of Topliss-reactive ketones (excluding diaryl/α,β-unsaturated/α-hetero) is 1. The van der Waals surface area contributed by atoms with E-state index < -0.39 is 11.7 Å². The highest BCUT2D eigenvalue weighted by molar-refractivity contribution is 9.10. The molecule has 0 aliphatic rings. The molecule has 0 saturated heterocycles. The fraction of sp³-hybridized carbons (Fsp3) is 0.462. The van der Waals surface area contributed by atoms with Crippen LogP contribution < -0.4 is 0 Å². The van der Waals surface area contributed by atoms with Crippen molar-refractivity contribution in [1.29, 1.82) is 0 Å². The highest BCUT2D eigenvalue weighted by atomic mass is 79.9. The summed E-state index contributed by atoms with van der Waals surface area (Å²) in [6.07, 6.45) is -1.63. The highest BCUT2D eigenvalue weighted by Gasteiger charge is 2.33. The van der Waals surface area contributed by atoms with Gasteiger partial charge in [0.05, 0.1) is 5.56 Å². The molecule has 19 heavy (non-hydrogen) atoms. The van der Waals surface area contributed by atoms with Gasteiger partial charge in [0.1, 0.15) is 0 Å². The van der Waals surface area contributed by atoms with Crippen LogP contribution in [0.1, 0.15) is 41.6 Å². The first kappa shape index (κ1) is 16.7. The number of hydrogen-bond donors (Lipinski definition) is 0. The van der Waals surface area contributed by atoms with Crippen molar-refractivity contribution in [3.63, 3.8) is 0 Å². The molecule has 1 rings (SSSR count). The van der Waals surface area contributed by atoms with Gasteiger partial charge < -0.3 is 0 Å². The average molecular weight is 402 g/mol. The first-order valence-corrected chi connectivity index (χ1v) is 7.73. The van der Waals surface area contributed by atoms with Crippen molar-refractivity contribution < 1.29 is 18.0 Å². The van der Waals surface area contributed by atoms with E-state index in [0.717, 1.165) is 24.2 Å². The topological polar surface area (TPSA) is 17.1 Å². The van der Waals surface area contributed by atoms with Gasteiger partial charge in [-0.25, -0.2) is 0 Å². The molecule has 0 aromatic heterocycles. The molecule has 0 amide bonds. The van der Waals surface area contributed by atoms with E-state index in [-0.39, 0.29) is 22.2 Å². The molecule has 0 bridgehead atoms. The predicted octanol–water partition coefficient (Wildman–Crippen LogP) is 5.61. The third-order valence-corrected chi connectivity index (χ3v) is 3.88. The molecule has 1 aromatic carbocycles. The summed E-state index contributed by atoms with van der Waals surface area (Å²) in [6, 6.07) is 3.61. The monoisotopic (exact) mass is 400 g/mol. The van der Waals surface area contributed by atoms with Crippen molar-refractivity contribution in [2.45, 2.75) is 31.9 Å². The second-order valence-corrected chi connectivity index (χ2v) is 5.76. The van der Waals surface area contributed by atoms with E-state index in [1.54, 1.807) is 0 Å². The van der Waals surface area contributed by atoms with Crippen LogP contribution in [0.4, 0.5) is 13.2 Å². The zero-order valence-electron chi connectivity index (χ0n) is 10.1. The third kappa shape index (κ3) is 5.26. The Kier molecular flexibility index (Phi) is 6.53. The van der Waals surface area contributed by atoms with Crippen molar-refractivity contribution in [3.05, 3.63) is 33.8 Å². The molecular weight excluding hydrogens is 389 g/mol. The highest BCUT2D eigenvalue weighted by Crippen LogP contribution is 2.35. The van der Waals surface area contributed by atoms with Gasteiger partial charge in [-0.2, -0.15) is 13.2 Å². The zero-order chi connectivity index (χ0) is 14.5. The third-order valence-electron chi connectivity index (χ3n) is 2.63. The average Bonchev–Trinajstić information content (AvgIpc) is 2.33. The molecule has 1 aromatic rings. The SMILES string of the molecule is O=C(CCCCCBr)c1ccc(Br)c(C(F)(F)F)c1. The van der Waals surface area contributed by atoms with Gasteiger partial charge in [-0.15, -0.1) is 0 Å². The summed E-state index contributed by atoms with van der Waals surface area (Å²) in [7, 11) is 0. The molecule has 1 nitrogen and oxygen atoms in total. The molecule has 0 saturated carbocycles. The minimum absolute atomic E-state index is 0.0455. The summed E-state index contributed by atoms with van der Waals surface area (Å²) in [4.78, 5) is 11.8. The van der Waals surface area contributed by atoms with Gasteiger partial charge in [0.15, 0.2) is 5.78 Å². The van der Waals surface area contributed by atoms with Gasteiger partial charge in [0.2, 0.25) is 0 Å². The van der Waals surface area contributed by atoms with Crippen LogP contribution in [-0.4, -0.2) is 11.1 Å². The van der Waals surface area contributed by atoms with Crippen LogP contribution in [0, 0.1) is 0 Å². The number of alkyl halides is 4. The standard InChI is InChI=1S/C13H13Br2F3O/c14-7-3-1-2-4-12(19)9-5-6-11(15)10(8-9)13(16,17)18/h5-6,8H,1-4,7H2. The molecule has 0 radical (unpaired) electrons. The van der Waals surface area contributed by atoms with Crippen LogP contribution in [0.5, 0.6) is 0 Å². The van der Waals surface area contributed by atoms with E-state index in [2.05, 4.69) is 31.9 Å². The lowest BCUT2D eigenvalue weighted by Gasteiger charge is -2.10. The molecule has 0 fully saturated rings. The maximum Gasteiger partial charge on any atom is 0.417 e. The molecule has 0 aliphatic heterocycles. The fourth-order valence-electron chi connectivity index (χ4n) is 1.62. The summed E-state index contributed by atoms with van der Waals surface area (Å²) < 4.78 is 38.0. The molecular formula is C13H13Br2F3O. The van der Waals surface area contributed by atoms with E-state index >= 15 is 0 Å². The van der Waals surface area contributed by atoms with Gasteiger partial charge in [0, 0.05) is 21.8 Å². The molecule has 0 heterocycles. The number of ketones is 1. The minimum Gasteiger partial charge on any atom is -0.294 e. The molecule has 0 atom stereocenters. The summed E-state index contributed by atoms with van der Waals surface area (Å²) in [5, 5.41) is 0.873. The lowest BCUT2D eigenvalue weighted by Crippen LogP contribution is -2.08. The summed E-state index contributed by atoms with van der Waals surface area (Å²) >= 11 is 6.14. The van der Waals surface area contributed by atoms with E-state index in [0.29, 0.717) is 6.42 Å². The number of unbranched alkanes of at least 4 members (excludes halogenated alkanes) is 2. The van der Waals surface area contributed by atoms with E-state index in [4.69, 9.17) is 0 Å². The van der Waals surface area contributed by atoms with Crippen LogP contribution in [0.15, 0.2) is 22.7 Å². The second-order valence-electron chi connectivity index (χ2n) is 4.12. The Morgan fingerprint density at radius 3 is 2.42 bits per heavy atom. The Bertz CT molecular complexity index is 444. The number of halogens is 5. The van der Waals surface area contributed by atoms with Crippen LogP contribution in [-0.2, 0) is 6.18 Å². The van der Waals surface area contributed by atoms with Crippen LogP contribution in [0.25, 0.3) is 0 Å². The number of rotatable bonds is 6. The summed E-state index contributed by atoms with van der Waals surface area (Å²) in [6.45, 7) is 0. The molecule has 106 valence electrons. The Hall–Kier alpha value is -0.360. The molecule has 0 N–H and O–H groups in total. The number of hydrogen-bond acceptors (Lipinski definition) is 1. The van der Waals surface area contributed by atoms with Gasteiger partial charge in [0.25, 0.3) is 0 Å². The normalized spacial score (nSPS) is 11.6. The fourth-order valence-corrected chi connectivity index (χ4v) is 2.49. The van der Waals surface area contributed by atoms with Crippen LogP contribution in [0.3, 0.4) is 0 Å². The Morgan fingerprint density at radius 1 is 1.16 bits per heavy atom. The predicted molar refractivity (Wildman–Crippen MR) is 75.7 cm³/mol. The van der Waals surface area contributed by atoms with E-state index in [9.17, 15) is 18.0 Å². The number of carbonyl (C=O) groups excluding carboxylic acids is 1. The first-order valence-electron chi connectivity index (χ1n) is 5.82. The lowest BCUT2D eigenvalue weighted by atomic mass is 10.0. The first-order chi connectivity index (χ1) is 8.86. The van der Waals surface area contributed by atoms with Gasteiger partial charge in [-0.3, -0.25) is 4.79 Å². The van der Waals surface area contributed by atoms with Gasteiger partial charge in [-0.1, -0.05) is 44.3 Å². The quantitative estimate of drug-likeness (QED) is 0.344.